The van der Waals surface area contributed by atoms with E-state index in [1.54, 1.807) is 0 Å². The van der Waals surface area contributed by atoms with Crippen LogP contribution in [0.5, 0.6) is 0 Å². The van der Waals surface area contributed by atoms with Crippen LogP contribution in [0.2, 0.25) is 0 Å². The number of nitrogens with one attached hydrogen (secondary N) is 1. The average Bonchev–Trinajstić information content (AvgIpc) is 2.66. The second kappa shape index (κ2) is 2.33. The smallest absolute Gasteiger partial charge is 0.309 e. The van der Waals surface area contributed by atoms with Crippen LogP contribution < -0.4 is 5.32 Å². The SMILES string of the molecule is CNC1(C(F)(F)C(F)F)CC1. The Balaban J connectivity index is 2.71. The van der Waals surface area contributed by atoms with Gasteiger partial charge in [-0.1, -0.05) is 0 Å². The van der Waals surface area contributed by atoms with Crippen LogP contribution in [-0.4, -0.2) is 24.9 Å². The molecule has 1 fully saturated rings. The van der Waals surface area contributed by atoms with Crippen molar-refractivity contribution in [2.45, 2.75) is 30.7 Å². The first-order valence-corrected chi connectivity index (χ1v) is 3.31. The van der Waals surface area contributed by atoms with E-state index >= 15 is 0 Å². The lowest BCUT2D eigenvalue weighted by Crippen LogP contribution is -2.50. The lowest BCUT2D eigenvalue weighted by molar-refractivity contribution is -0.156. The zero-order chi connectivity index (χ0) is 8.70. The number of alkyl halides is 4. The summed E-state index contributed by atoms with van der Waals surface area (Å²) in [5.74, 6) is -3.89. The molecule has 0 aromatic heterocycles. The van der Waals surface area contributed by atoms with Gasteiger partial charge in [-0.05, 0) is 19.9 Å². The van der Waals surface area contributed by atoms with Crippen LogP contribution in [0, 0.1) is 0 Å². The Morgan fingerprint density at radius 2 is 1.82 bits per heavy atom. The highest BCUT2D eigenvalue weighted by Gasteiger charge is 2.66. The summed E-state index contributed by atoms with van der Waals surface area (Å²) < 4.78 is 48.6. The first-order chi connectivity index (χ1) is 4.96. The van der Waals surface area contributed by atoms with E-state index in [1.165, 1.54) is 7.05 Å². The second-order valence-corrected chi connectivity index (χ2v) is 2.76. The highest BCUT2D eigenvalue weighted by Crippen LogP contribution is 2.50. The van der Waals surface area contributed by atoms with E-state index < -0.39 is 17.9 Å². The van der Waals surface area contributed by atoms with Crippen molar-refractivity contribution >= 4 is 0 Å². The summed E-state index contributed by atoms with van der Waals surface area (Å²) in [6, 6.07) is 0. The average molecular weight is 171 g/mol. The molecular weight excluding hydrogens is 162 g/mol. The second-order valence-electron chi connectivity index (χ2n) is 2.76. The Morgan fingerprint density at radius 3 is 1.91 bits per heavy atom. The highest BCUT2D eigenvalue weighted by atomic mass is 19.3. The van der Waals surface area contributed by atoms with Crippen molar-refractivity contribution in [3.63, 3.8) is 0 Å². The lowest BCUT2D eigenvalue weighted by atomic mass is 10.1. The van der Waals surface area contributed by atoms with Crippen molar-refractivity contribution in [3.8, 4) is 0 Å². The molecule has 5 heteroatoms. The maximum atomic E-state index is 12.6. The van der Waals surface area contributed by atoms with Gasteiger partial charge in [-0.2, -0.15) is 8.78 Å². The van der Waals surface area contributed by atoms with Gasteiger partial charge in [0.15, 0.2) is 0 Å². The molecule has 0 atom stereocenters. The molecule has 1 aliphatic rings. The van der Waals surface area contributed by atoms with Crippen LogP contribution in [0.3, 0.4) is 0 Å². The Morgan fingerprint density at radius 1 is 1.36 bits per heavy atom. The van der Waals surface area contributed by atoms with Gasteiger partial charge in [0, 0.05) is 0 Å². The Bertz CT molecular complexity index is 153. The number of halogens is 4. The van der Waals surface area contributed by atoms with Gasteiger partial charge in [0.1, 0.15) is 0 Å². The van der Waals surface area contributed by atoms with Gasteiger partial charge in [-0.25, -0.2) is 8.78 Å². The van der Waals surface area contributed by atoms with Crippen molar-refractivity contribution in [2.75, 3.05) is 7.05 Å². The van der Waals surface area contributed by atoms with Crippen molar-refractivity contribution in [1.29, 1.82) is 0 Å². The molecule has 1 saturated carbocycles. The van der Waals surface area contributed by atoms with E-state index in [0.717, 1.165) is 0 Å². The lowest BCUT2D eigenvalue weighted by Gasteiger charge is -2.25. The fraction of sp³-hybridized carbons (Fsp3) is 1.00. The van der Waals surface area contributed by atoms with E-state index in [9.17, 15) is 17.6 Å². The molecule has 0 bridgehead atoms. The molecule has 0 heterocycles. The summed E-state index contributed by atoms with van der Waals surface area (Å²) in [6.07, 6.45) is -3.32. The summed E-state index contributed by atoms with van der Waals surface area (Å²) in [5.41, 5.74) is -1.62. The van der Waals surface area contributed by atoms with E-state index in [1.807, 2.05) is 0 Å². The maximum absolute atomic E-state index is 12.6. The molecule has 1 rings (SSSR count). The minimum absolute atomic E-state index is 0.126. The van der Waals surface area contributed by atoms with Crippen molar-refractivity contribution in [2.24, 2.45) is 0 Å². The Kier molecular flexibility index (Phi) is 1.86. The fourth-order valence-electron chi connectivity index (χ4n) is 1.08. The van der Waals surface area contributed by atoms with Crippen LogP contribution >= 0.6 is 0 Å². The molecule has 11 heavy (non-hydrogen) atoms. The molecule has 0 aromatic carbocycles. The summed E-state index contributed by atoms with van der Waals surface area (Å²) in [7, 11) is 1.28. The molecule has 0 spiro atoms. The van der Waals surface area contributed by atoms with Crippen LogP contribution in [0.25, 0.3) is 0 Å². The van der Waals surface area contributed by atoms with E-state index in [4.69, 9.17) is 0 Å². The minimum atomic E-state index is -3.89. The summed E-state index contributed by atoms with van der Waals surface area (Å²) in [6.45, 7) is 0. The maximum Gasteiger partial charge on any atom is 0.325 e. The van der Waals surface area contributed by atoms with E-state index in [2.05, 4.69) is 5.32 Å². The van der Waals surface area contributed by atoms with Gasteiger partial charge >= 0.3 is 12.3 Å². The Labute approximate surface area is 61.8 Å². The molecule has 0 saturated heterocycles. The first-order valence-electron chi connectivity index (χ1n) is 3.31. The quantitative estimate of drug-likeness (QED) is 0.636. The van der Waals surface area contributed by atoms with Gasteiger partial charge in [0.2, 0.25) is 0 Å². The normalized spacial score (nSPS) is 22.4. The zero-order valence-corrected chi connectivity index (χ0v) is 6.00. The van der Waals surface area contributed by atoms with Crippen LogP contribution in [-0.2, 0) is 0 Å². The van der Waals surface area contributed by atoms with Crippen LogP contribution in [0.15, 0.2) is 0 Å². The molecule has 66 valence electrons. The summed E-state index contributed by atoms with van der Waals surface area (Å²) in [4.78, 5) is 0. The summed E-state index contributed by atoms with van der Waals surface area (Å²) in [5, 5.41) is 2.24. The van der Waals surface area contributed by atoms with Crippen molar-refractivity contribution < 1.29 is 17.6 Å². The van der Waals surface area contributed by atoms with Gasteiger partial charge in [0.25, 0.3) is 0 Å². The molecule has 1 aliphatic carbocycles. The molecule has 0 radical (unpaired) electrons. The first kappa shape index (κ1) is 8.77. The van der Waals surface area contributed by atoms with Gasteiger partial charge < -0.3 is 5.32 Å². The van der Waals surface area contributed by atoms with Crippen LogP contribution in [0.1, 0.15) is 12.8 Å². The largest absolute Gasteiger partial charge is 0.325 e. The van der Waals surface area contributed by atoms with Gasteiger partial charge in [-0.15, -0.1) is 0 Å². The highest BCUT2D eigenvalue weighted by molar-refractivity contribution is 5.12. The number of hydrogen-bond acceptors (Lipinski definition) is 1. The van der Waals surface area contributed by atoms with Gasteiger partial charge in [0.05, 0.1) is 5.54 Å². The van der Waals surface area contributed by atoms with Gasteiger partial charge in [-0.3, -0.25) is 0 Å². The van der Waals surface area contributed by atoms with Crippen molar-refractivity contribution in [3.05, 3.63) is 0 Å². The molecule has 0 amide bonds. The third-order valence-electron chi connectivity index (χ3n) is 2.14. The minimum Gasteiger partial charge on any atom is -0.309 e. The third kappa shape index (κ3) is 1.11. The standard InChI is InChI=1S/C6H9F4N/c1-11-5(2-3-5)6(9,10)4(7)8/h4,11H,2-3H2,1H3. The summed E-state index contributed by atoms with van der Waals surface area (Å²) >= 11 is 0. The third-order valence-corrected chi connectivity index (χ3v) is 2.14. The predicted octanol–water partition coefficient (Wildman–Crippen LogP) is 1.64. The van der Waals surface area contributed by atoms with Crippen LogP contribution in [0.4, 0.5) is 17.6 Å². The monoisotopic (exact) mass is 171 g/mol. The molecule has 1 nitrogen and oxygen atoms in total. The molecule has 0 aliphatic heterocycles. The van der Waals surface area contributed by atoms with E-state index in [-0.39, 0.29) is 12.8 Å². The number of rotatable bonds is 3. The molecule has 1 N–H and O–H groups in total. The molecular formula is C6H9F4N. The number of hydrogen-bond donors (Lipinski definition) is 1. The zero-order valence-electron chi connectivity index (χ0n) is 6.00. The fourth-order valence-corrected chi connectivity index (χ4v) is 1.08. The molecule has 0 unspecified atom stereocenters. The van der Waals surface area contributed by atoms with E-state index in [0.29, 0.717) is 0 Å². The predicted molar refractivity (Wildman–Crippen MR) is 32.0 cm³/mol. The van der Waals surface area contributed by atoms with Crippen molar-refractivity contribution in [1.82, 2.24) is 5.32 Å². The topological polar surface area (TPSA) is 12.0 Å². The Hall–Kier alpha value is -0.320. The molecule has 0 aromatic rings.